The van der Waals surface area contributed by atoms with Crippen molar-refractivity contribution in [3.8, 4) is 12.1 Å². The maximum atomic E-state index is 8.47. The summed E-state index contributed by atoms with van der Waals surface area (Å²) >= 11 is 0. The van der Waals surface area contributed by atoms with Gasteiger partial charge >= 0.3 is 0 Å². The molecule has 0 heterocycles. The molecule has 0 amide bonds. The zero-order chi connectivity index (χ0) is 12.0. The van der Waals surface area contributed by atoms with Gasteiger partial charge in [0.25, 0.3) is 0 Å². The fourth-order valence-corrected chi connectivity index (χ4v) is 1.03. The van der Waals surface area contributed by atoms with E-state index in [9.17, 15) is 0 Å². The van der Waals surface area contributed by atoms with Crippen molar-refractivity contribution >= 4 is 17.1 Å². The molecule has 0 saturated heterocycles. The molecule has 1 aromatic rings. The Labute approximate surface area is 94.2 Å². The molecule has 0 radical (unpaired) electrons. The third kappa shape index (κ3) is 3.00. The van der Waals surface area contributed by atoms with Gasteiger partial charge < -0.3 is 4.90 Å². The number of rotatable bonds is 3. The first-order chi connectivity index (χ1) is 7.67. The number of nitrogens with zero attached hydrogens (tertiary/aromatic N) is 4. The molecule has 0 saturated carbocycles. The second-order valence-electron chi connectivity index (χ2n) is 3.24. The van der Waals surface area contributed by atoms with E-state index in [4.69, 9.17) is 10.5 Å². The minimum absolute atomic E-state index is 0.198. The molecule has 0 atom stereocenters. The number of nitriles is 2. The molecule has 5 heteroatoms. The van der Waals surface area contributed by atoms with Crippen molar-refractivity contribution in [2.75, 3.05) is 24.4 Å². The molecule has 0 aliphatic carbocycles. The Morgan fingerprint density at radius 1 is 1.19 bits per heavy atom. The van der Waals surface area contributed by atoms with Gasteiger partial charge in [0.1, 0.15) is 12.1 Å². The number of nitrogens with one attached hydrogen (secondary N) is 1. The lowest BCUT2D eigenvalue weighted by atomic mass is 10.3. The Balaban J connectivity index is 2.75. The average Bonchev–Trinajstić information content (AvgIpc) is 2.31. The lowest BCUT2D eigenvalue weighted by molar-refractivity contribution is 1.13. The Hall–Kier alpha value is -2.53. The smallest absolute Gasteiger partial charge is 0.237 e. The van der Waals surface area contributed by atoms with Crippen molar-refractivity contribution in [3.05, 3.63) is 24.3 Å². The van der Waals surface area contributed by atoms with Gasteiger partial charge in [-0.3, -0.25) is 5.43 Å². The lowest BCUT2D eigenvalue weighted by Gasteiger charge is -2.12. The van der Waals surface area contributed by atoms with Crippen molar-refractivity contribution in [2.45, 2.75) is 0 Å². The van der Waals surface area contributed by atoms with Crippen LogP contribution in [0.5, 0.6) is 0 Å². The van der Waals surface area contributed by atoms with Crippen LogP contribution in [0.15, 0.2) is 29.4 Å². The number of anilines is 2. The van der Waals surface area contributed by atoms with Crippen molar-refractivity contribution in [1.29, 1.82) is 10.5 Å². The van der Waals surface area contributed by atoms with E-state index in [1.165, 1.54) is 0 Å². The quantitative estimate of drug-likeness (QED) is 0.610. The van der Waals surface area contributed by atoms with Gasteiger partial charge in [0.05, 0.1) is 5.69 Å². The van der Waals surface area contributed by atoms with Crippen LogP contribution in [0.4, 0.5) is 11.4 Å². The third-order valence-corrected chi connectivity index (χ3v) is 1.89. The minimum Gasteiger partial charge on any atom is -0.378 e. The van der Waals surface area contributed by atoms with E-state index in [2.05, 4.69) is 10.5 Å². The van der Waals surface area contributed by atoms with E-state index in [1.54, 1.807) is 12.1 Å². The first kappa shape index (κ1) is 11.5. The monoisotopic (exact) mass is 213 g/mol. The van der Waals surface area contributed by atoms with Crippen LogP contribution in [0.1, 0.15) is 0 Å². The highest BCUT2D eigenvalue weighted by molar-refractivity contribution is 6.10. The molecule has 5 nitrogen and oxygen atoms in total. The topological polar surface area (TPSA) is 75.2 Å². The highest BCUT2D eigenvalue weighted by atomic mass is 15.3. The van der Waals surface area contributed by atoms with E-state index < -0.39 is 0 Å². The molecule has 0 fully saturated rings. The standard InChI is InChI=1S/C11H11N5/c1-16(2)11-5-3-9(4-6-11)14-15-10(7-12)8-13/h3-6,14H,1-2H3. The van der Waals surface area contributed by atoms with Gasteiger partial charge in [-0.2, -0.15) is 15.6 Å². The Kier molecular flexibility index (Phi) is 3.88. The zero-order valence-electron chi connectivity index (χ0n) is 9.10. The van der Waals surface area contributed by atoms with E-state index in [0.29, 0.717) is 0 Å². The Bertz CT molecular complexity index is 443. The van der Waals surface area contributed by atoms with Gasteiger partial charge in [0, 0.05) is 19.8 Å². The molecular formula is C11H11N5. The van der Waals surface area contributed by atoms with Gasteiger partial charge in [0.15, 0.2) is 0 Å². The number of hydrogen-bond donors (Lipinski definition) is 1. The molecule has 1 rings (SSSR count). The van der Waals surface area contributed by atoms with Crippen LogP contribution >= 0.6 is 0 Å². The Morgan fingerprint density at radius 3 is 2.19 bits per heavy atom. The van der Waals surface area contributed by atoms with Crippen molar-refractivity contribution in [1.82, 2.24) is 0 Å². The second kappa shape index (κ2) is 5.38. The Morgan fingerprint density at radius 2 is 1.75 bits per heavy atom. The van der Waals surface area contributed by atoms with E-state index in [0.717, 1.165) is 11.4 Å². The maximum Gasteiger partial charge on any atom is 0.237 e. The summed E-state index contributed by atoms with van der Waals surface area (Å²) in [5.41, 5.74) is 4.23. The van der Waals surface area contributed by atoms with Gasteiger partial charge in [-0.05, 0) is 24.3 Å². The van der Waals surface area contributed by atoms with Crippen LogP contribution in [0, 0.1) is 22.7 Å². The van der Waals surface area contributed by atoms with Crippen molar-refractivity contribution in [2.24, 2.45) is 5.10 Å². The molecule has 0 aliphatic rings. The van der Waals surface area contributed by atoms with Crippen LogP contribution in [0.2, 0.25) is 0 Å². The molecule has 0 aromatic heterocycles. The summed E-state index contributed by atoms with van der Waals surface area (Å²) in [6.07, 6.45) is 0. The molecule has 0 bridgehead atoms. The highest BCUT2D eigenvalue weighted by Gasteiger charge is 1.96. The second-order valence-corrected chi connectivity index (χ2v) is 3.24. The first-order valence-corrected chi connectivity index (χ1v) is 4.58. The van der Waals surface area contributed by atoms with Crippen LogP contribution in [0.3, 0.4) is 0 Å². The van der Waals surface area contributed by atoms with E-state index in [-0.39, 0.29) is 5.71 Å². The number of hydrogen-bond acceptors (Lipinski definition) is 5. The van der Waals surface area contributed by atoms with Gasteiger partial charge in [-0.15, -0.1) is 0 Å². The average molecular weight is 213 g/mol. The molecule has 16 heavy (non-hydrogen) atoms. The van der Waals surface area contributed by atoms with E-state index in [1.807, 2.05) is 43.3 Å². The summed E-state index contributed by atoms with van der Waals surface area (Å²) in [7, 11) is 3.90. The summed E-state index contributed by atoms with van der Waals surface area (Å²) in [6.45, 7) is 0. The molecule has 0 spiro atoms. The SMILES string of the molecule is CN(C)c1ccc(NN=C(C#N)C#N)cc1. The fourth-order valence-electron chi connectivity index (χ4n) is 1.03. The fraction of sp³-hybridized carbons (Fsp3) is 0.182. The molecule has 0 aliphatic heterocycles. The molecular weight excluding hydrogens is 202 g/mol. The summed E-state index contributed by atoms with van der Waals surface area (Å²) in [4.78, 5) is 1.98. The van der Waals surface area contributed by atoms with Crippen LogP contribution in [-0.4, -0.2) is 19.8 Å². The zero-order valence-corrected chi connectivity index (χ0v) is 9.10. The van der Waals surface area contributed by atoms with E-state index >= 15 is 0 Å². The predicted molar refractivity (Wildman–Crippen MR) is 63.1 cm³/mol. The van der Waals surface area contributed by atoms with Crippen molar-refractivity contribution < 1.29 is 0 Å². The normalized spacial score (nSPS) is 8.50. The van der Waals surface area contributed by atoms with Crippen LogP contribution in [0.25, 0.3) is 0 Å². The molecule has 1 aromatic carbocycles. The van der Waals surface area contributed by atoms with Crippen LogP contribution < -0.4 is 10.3 Å². The molecule has 80 valence electrons. The van der Waals surface area contributed by atoms with Gasteiger partial charge in [-0.25, -0.2) is 0 Å². The third-order valence-electron chi connectivity index (χ3n) is 1.89. The largest absolute Gasteiger partial charge is 0.378 e. The summed E-state index contributed by atoms with van der Waals surface area (Å²) < 4.78 is 0. The summed E-state index contributed by atoms with van der Waals surface area (Å²) in [6, 6.07) is 10.8. The lowest BCUT2D eigenvalue weighted by Crippen LogP contribution is -2.08. The summed E-state index contributed by atoms with van der Waals surface area (Å²) in [5.74, 6) is 0. The highest BCUT2D eigenvalue weighted by Crippen LogP contribution is 2.15. The predicted octanol–water partition coefficient (Wildman–Crippen LogP) is 1.57. The summed E-state index contributed by atoms with van der Waals surface area (Å²) in [5, 5.41) is 20.6. The van der Waals surface area contributed by atoms with Crippen LogP contribution in [-0.2, 0) is 0 Å². The van der Waals surface area contributed by atoms with Crippen molar-refractivity contribution in [3.63, 3.8) is 0 Å². The molecule has 1 N–H and O–H groups in total. The first-order valence-electron chi connectivity index (χ1n) is 4.58. The number of hydrazone groups is 1. The maximum absolute atomic E-state index is 8.47. The minimum atomic E-state index is -0.198. The van der Waals surface area contributed by atoms with Gasteiger partial charge in [0.2, 0.25) is 5.71 Å². The van der Waals surface area contributed by atoms with Gasteiger partial charge in [-0.1, -0.05) is 0 Å². The number of benzene rings is 1. The molecule has 0 unspecified atom stereocenters.